The van der Waals surface area contributed by atoms with Crippen molar-refractivity contribution in [3.05, 3.63) is 35.4 Å². The summed E-state index contributed by atoms with van der Waals surface area (Å²) in [7, 11) is 0. The van der Waals surface area contributed by atoms with Crippen LogP contribution >= 0.6 is 0 Å². The van der Waals surface area contributed by atoms with Crippen molar-refractivity contribution < 1.29 is 30.0 Å². The molecule has 0 amide bonds. The highest BCUT2D eigenvalue weighted by molar-refractivity contribution is 5.81. The van der Waals surface area contributed by atoms with Crippen LogP contribution in [0.15, 0.2) is 24.3 Å². The van der Waals surface area contributed by atoms with Crippen molar-refractivity contribution in [3.8, 4) is 17.5 Å². The Kier molecular flexibility index (Phi) is 6.91. The third kappa shape index (κ3) is 4.98. The molecule has 5 rings (SSSR count). The number of anilines is 1. The van der Waals surface area contributed by atoms with Crippen molar-refractivity contribution in [1.82, 2.24) is 9.47 Å². The summed E-state index contributed by atoms with van der Waals surface area (Å²) in [5.41, 5.74) is 1.91. The molecule has 2 aromatic rings. The Balaban J connectivity index is 1.17. The van der Waals surface area contributed by atoms with Crippen LogP contribution in [0.2, 0.25) is 0 Å². The first-order chi connectivity index (χ1) is 16.9. The Labute approximate surface area is 205 Å². The first kappa shape index (κ1) is 24.0. The number of rotatable bonds is 7. The summed E-state index contributed by atoms with van der Waals surface area (Å²) in [5, 5.41) is 40.9. The van der Waals surface area contributed by atoms with Gasteiger partial charge in [-0.1, -0.05) is 12.1 Å². The Hall–Kier alpha value is -2.75. The summed E-state index contributed by atoms with van der Waals surface area (Å²) < 4.78 is 7.48. The average Bonchev–Trinajstić information content (AvgIpc) is 3.44. The molecule has 2 fully saturated rings. The van der Waals surface area contributed by atoms with E-state index in [1.54, 1.807) is 0 Å². The van der Waals surface area contributed by atoms with Crippen LogP contribution < -0.4 is 9.64 Å². The summed E-state index contributed by atoms with van der Waals surface area (Å²) in [4.78, 5) is 17.2. The number of piperazine rings is 1. The molecule has 2 aliphatic carbocycles. The van der Waals surface area contributed by atoms with Crippen LogP contribution in [-0.4, -0.2) is 86.7 Å². The number of para-hydroxylation sites is 2. The van der Waals surface area contributed by atoms with E-state index < -0.39 is 12.2 Å². The number of aliphatic hydroxyl groups excluding tert-OH is 2. The molecule has 9 nitrogen and oxygen atoms in total. The van der Waals surface area contributed by atoms with Gasteiger partial charge in [-0.2, -0.15) is 0 Å². The number of fused-ring (bicyclic) bond motifs is 1. The van der Waals surface area contributed by atoms with E-state index in [1.165, 1.54) is 17.4 Å². The summed E-state index contributed by atoms with van der Waals surface area (Å²) in [6.45, 7) is 3.07. The van der Waals surface area contributed by atoms with E-state index in [-0.39, 0.29) is 43.5 Å². The molecule has 9 heteroatoms. The fourth-order valence-electron chi connectivity index (χ4n) is 5.59. The molecule has 0 radical (unpaired) electrons. The molecule has 1 saturated carbocycles. The number of carbonyl (C=O) groups excluding carboxylic acids is 1. The average molecular weight is 486 g/mol. The van der Waals surface area contributed by atoms with Crippen molar-refractivity contribution in [3.63, 3.8) is 0 Å². The van der Waals surface area contributed by atoms with Crippen molar-refractivity contribution in [2.45, 2.75) is 63.4 Å². The number of Topliss-reactive ketones (excluding diaryl/α,β-unsaturated/α-hetero) is 1. The fraction of sp³-hybridized carbons (Fsp3) is 0.577. The largest absolute Gasteiger partial charge is 0.494 e. The van der Waals surface area contributed by atoms with Crippen LogP contribution in [0.5, 0.6) is 17.5 Å². The van der Waals surface area contributed by atoms with Gasteiger partial charge in [0.15, 0.2) is 17.5 Å². The van der Waals surface area contributed by atoms with Gasteiger partial charge in [-0.15, -0.1) is 0 Å². The number of aliphatic hydroxyl groups is 2. The summed E-state index contributed by atoms with van der Waals surface area (Å²) >= 11 is 0. The molecule has 1 saturated heterocycles. The minimum absolute atomic E-state index is 0.0466. The molecule has 2 unspecified atom stereocenters. The van der Waals surface area contributed by atoms with Crippen molar-refractivity contribution in [2.75, 3.05) is 37.6 Å². The molecule has 1 aromatic carbocycles. The van der Waals surface area contributed by atoms with Crippen LogP contribution in [0, 0.1) is 0 Å². The molecule has 2 atom stereocenters. The van der Waals surface area contributed by atoms with Crippen molar-refractivity contribution >= 4 is 11.5 Å². The SMILES string of the molecule is O=C(CN1CCN(c2ccccc2OC2CCCC2)CC1)Cn1c(O)c2c(c1O)CC(O)C(O)C2. The number of hydrogen-bond donors (Lipinski definition) is 4. The van der Waals surface area contributed by atoms with E-state index in [9.17, 15) is 25.2 Å². The lowest BCUT2D eigenvalue weighted by Gasteiger charge is -2.36. The topological polar surface area (TPSA) is 119 Å². The molecule has 4 N–H and O–H groups in total. The monoisotopic (exact) mass is 485 g/mol. The maximum absolute atomic E-state index is 12.8. The quantitative estimate of drug-likeness (QED) is 0.465. The fourth-order valence-corrected chi connectivity index (χ4v) is 5.59. The van der Waals surface area contributed by atoms with Gasteiger partial charge in [-0.25, -0.2) is 0 Å². The molecule has 1 aliphatic heterocycles. The molecule has 190 valence electrons. The minimum Gasteiger partial charge on any atom is -0.494 e. The highest BCUT2D eigenvalue weighted by atomic mass is 16.5. The van der Waals surface area contributed by atoms with E-state index in [0.717, 1.165) is 50.5 Å². The third-order valence-corrected chi connectivity index (χ3v) is 7.59. The maximum Gasteiger partial charge on any atom is 0.197 e. The molecule has 0 bridgehead atoms. The first-order valence-electron chi connectivity index (χ1n) is 12.6. The summed E-state index contributed by atoms with van der Waals surface area (Å²) in [5.74, 6) is 0.394. The Morgan fingerprint density at radius 3 is 2.11 bits per heavy atom. The van der Waals surface area contributed by atoms with Crippen LogP contribution in [-0.2, 0) is 24.2 Å². The van der Waals surface area contributed by atoms with E-state index in [4.69, 9.17) is 4.74 Å². The molecule has 0 spiro atoms. The van der Waals surface area contributed by atoms with E-state index in [2.05, 4.69) is 15.9 Å². The molecular formula is C26H35N3O6. The predicted octanol–water partition coefficient (Wildman–Crippen LogP) is 1.43. The number of nitrogens with zero attached hydrogens (tertiary/aromatic N) is 3. The molecule has 2 heterocycles. The van der Waals surface area contributed by atoms with Gasteiger partial charge in [0.2, 0.25) is 0 Å². The van der Waals surface area contributed by atoms with Crippen molar-refractivity contribution in [1.29, 1.82) is 0 Å². The number of ketones is 1. The van der Waals surface area contributed by atoms with Gasteiger partial charge >= 0.3 is 0 Å². The lowest BCUT2D eigenvalue weighted by atomic mass is 9.90. The highest BCUT2D eigenvalue weighted by Gasteiger charge is 2.34. The number of aromatic hydroxyl groups is 2. The number of aromatic nitrogens is 1. The predicted molar refractivity (Wildman–Crippen MR) is 130 cm³/mol. The normalized spacial score (nSPS) is 23.4. The van der Waals surface area contributed by atoms with Gasteiger partial charge < -0.3 is 30.1 Å². The Morgan fingerprint density at radius 2 is 1.49 bits per heavy atom. The van der Waals surface area contributed by atoms with Crippen LogP contribution in [0.3, 0.4) is 0 Å². The third-order valence-electron chi connectivity index (χ3n) is 7.59. The van der Waals surface area contributed by atoms with E-state index in [1.807, 2.05) is 18.2 Å². The number of ether oxygens (including phenoxy) is 1. The van der Waals surface area contributed by atoms with Crippen molar-refractivity contribution in [2.24, 2.45) is 0 Å². The standard InChI is InChI=1S/C26H35N3O6/c30-17(16-29-25(33)19-13-22(31)23(32)14-20(19)26(29)34)15-27-9-11-28(12-10-27)21-7-3-4-8-24(21)35-18-5-1-2-6-18/h3-4,7-8,18,22-23,31-34H,1-2,5-6,9-16H2. The summed E-state index contributed by atoms with van der Waals surface area (Å²) in [6, 6.07) is 8.17. The zero-order valence-electron chi connectivity index (χ0n) is 20.0. The lowest BCUT2D eigenvalue weighted by molar-refractivity contribution is -0.121. The lowest BCUT2D eigenvalue weighted by Crippen LogP contribution is -2.48. The van der Waals surface area contributed by atoms with Crippen LogP contribution in [0.4, 0.5) is 5.69 Å². The minimum atomic E-state index is -0.996. The second-order valence-corrected chi connectivity index (χ2v) is 10.0. The molecule has 3 aliphatic rings. The molecular weight excluding hydrogens is 450 g/mol. The second kappa shape index (κ2) is 10.1. The van der Waals surface area contributed by atoms with Gasteiger partial charge in [-0.3, -0.25) is 14.3 Å². The number of carbonyl (C=O) groups is 1. The Bertz CT molecular complexity index is 1020. The highest BCUT2D eigenvalue weighted by Crippen LogP contribution is 2.39. The van der Waals surface area contributed by atoms with Crippen LogP contribution in [0.1, 0.15) is 36.8 Å². The van der Waals surface area contributed by atoms with Gasteiger partial charge in [0.25, 0.3) is 0 Å². The second-order valence-electron chi connectivity index (χ2n) is 10.0. The van der Waals surface area contributed by atoms with Gasteiger partial charge in [0, 0.05) is 50.1 Å². The zero-order chi connectivity index (χ0) is 24.5. The first-order valence-corrected chi connectivity index (χ1v) is 12.6. The van der Waals surface area contributed by atoms with E-state index in [0.29, 0.717) is 17.2 Å². The van der Waals surface area contributed by atoms with Gasteiger partial charge in [0.05, 0.1) is 37.1 Å². The van der Waals surface area contributed by atoms with Gasteiger partial charge in [-0.05, 0) is 37.8 Å². The van der Waals surface area contributed by atoms with Crippen LogP contribution in [0.25, 0.3) is 0 Å². The molecule has 1 aromatic heterocycles. The Morgan fingerprint density at radius 1 is 0.886 bits per heavy atom. The summed E-state index contributed by atoms with van der Waals surface area (Å²) in [6.07, 6.45) is 3.08. The maximum atomic E-state index is 12.8. The number of hydrogen-bond acceptors (Lipinski definition) is 8. The zero-order valence-corrected chi connectivity index (χ0v) is 20.0. The van der Waals surface area contributed by atoms with E-state index >= 15 is 0 Å². The smallest absolute Gasteiger partial charge is 0.197 e. The number of benzene rings is 1. The molecule has 35 heavy (non-hydrogen) atoms. The van der Waals surface area contributed by atoms with Gasteiger partial charge in [0.1, 0.15) is 5.75 Å².